The van der Waals surface area contributed by atoms with Crippen LogP contribution in [0.1, 0.15) is 130 Å². The summed E-state index contributed by atoms with van der Waals surface area (Å²) in [6, 6.07) is 0. The molecule has 0 radical (unpaired) electrons. The second-order valence-corrected chi connectivity index (χ2v) is 17.0. The first-order valence-corrected chi connectivity index (χ1v) is 17.8. The Balaban J connectivity index is 5.70. The van der Waals surface area contributed by atoms with Crippen LogP contribution in [0.4, 0.5) is 0 Å². The number of carbonyl (C=O) groups excluding carboxylic acids is 3. The van der Waals surface area contributed by atoms with E-state index in [0.29, 0.717) is 0 Å². The van der Waals surface area contributed by atoms with E-state index in [4.69, 9.17) is 0 Å². The summed E-state index contributed by atoms with van der Waals surface area (Å²) in [6.45, 7) is 31.0. The first kappa shape index (κ1) is 44.4. The van der Waals surface area contributed by atoms with Crippen molar-refractivity contribution in [2.24, 2.45) is 64.1 Å². The average molecular weight is 649 g/mol. The number of ketones is 3. The van der Waals surface area contributed by atoms with E-state index in [1.165, 1.54) is 6.08 Å². The van der Waals surface area contributed by atoms with Crippen molar-refractivity contribution in [2.75, 3.05) is 0 Å². The molecule has 0 aliphatic rings. The highest BCUT2D eigenvalue weighted by Crippen LogP contribution is 2.34. The molecule has 0 aromatic heterocycles. The van der Waals surface area contributed by atoms with Gasteiger partial charge in [-0.05, 0) is 80.3 Å². The van der Waals surface area contributed by atoms with Gasteiger partial charge in [-0.25, -0.2) is 0 Å². The first-order valence-electron chi connectivity index (χ1n) is 17.8. The van der Waals surface area contributed by atoms with Crippen molar-refractivity contribution in [1.82, 2.24) is 0 Å². The van der Waals surface area contributed by atoms with E-state index in [0.717, 1.165) is 18.4 Å². The Bertz CT molecular complexity index is 1030. The van der Waals surface area contributed by atoms with Crippen LogP contribution in [-0.2, 0) is 14.4 Å². The zero-order chi connectivity index (χ0) is 36.5. The van der Waals surface area contributed by atoms with E-state index < -0.39 is 35.1 Å². The summed E-state index contributed by atoms with van der Waals surface area (Å²) >= 11 is 0. The second kappa shape index (κ2) is 18.8. The van der Waals surface area contributed by atoms with Gasteiger partial charge in [0.25, 0.3) is 0 Å². The van der Waals surface area contributed by atoms with Gasteiger partial charge in [-0.1, -0.05) is 102 Å². The average Bonchev–Trinajstić information content (AvgIpc) is 2.97. The lowest BCUT2D eigenvalue weighted by atomic mass is 9.73. The van der Waals surface area contributed by atoms with Crippen LogP contribution in [0.25, 0.3) is 0 Å². The molecule has 0 aliphatic carbocycles. The summed E-state index contributed by atoms with van der Waals surface area (Å²) in [5.41, 5.74) is -0.573. The van der Waals surface area contributed by atoms with Gasteiger partial charge in [-0.15, -0.1) is 0 Å². The summed E-state index contributed by atoms with van der Waals surface area (Å²) in [5.74, 6) is -0.635. The molecule has 0 rings (SSSR count). The van der Waals surface area contributed by atoms with Crippen molar-refractivity contribution >= 4 is 17.3 Å². The highest BCUT2D eigenvalue weighted by Gasteiger charge is 2.38. The van der Waals surface area contributed by atoms with Crippen molar-refractivity contribution < 1.29 is 29.7 Å². The molecule has 0 spiro atoms. The lowest BCUT2D eigenvalue weighted by molar-refractivity contribution is -0.134. The van der Waals surface area contributed by atoms with Gasteiger partial charge in [-0.3, -0.25) is 14.4 Å². The fourth-order valence-corrected chi connectivity index (χ4v) is 6.47. The number of hydrogen-bond donors (Lipinski definition) is 3. The van der Waals surface area contributed by atoms with Gasteiger partial charge >= 0.3 is 0 Å². The third-order valence-corrected chi connectivity index (χ3v) is 10.7. The summed E-state index contributed by atoms with van der Waals surface area (Å²) in [4.78, 5) is 38.9. The van der Waals surface area contributed by atoms with Gasteiger partial charge < -0.3 is 15.3 Å². The van der Waals surface area contributed by atoms with Crippen LogP contribution < -0.4 is 0 Å². The molecule has 0 aromatic rings. The van der Waals surface area contributed by atoms with Crippen LogP contribution >= 0.6 is 0 Å². The molecule has 3 N–H and O–H groups in total. The summed E-state index contributed by atoms with van der Waals surface area (Å²) in [5, 5.41) is 33.4. The quantitative estimate of drug-likeness (QED) is 0.0905. The van der Waals surface area contributed by atoms with E-state index in [1.54, 1.807) is 26.8 Å². The van der Waals surface area contributed by atoms with Gasteiger partial charge in [0.2, 0.25) is 0 Å². The maximum absolute atomic E-state index is 13.3. The Morgan fingerprint density at radius 1 is 0.739 bits per heavy atom. The molecular weight excluding hydrogens is 576 g/mol. The summed E-state index contributed by atoms with van der Waals surface area (Å²) < 4.78 is 0. The Morgan fingerprint density at radius 3 is 1.70 bits per heavy atom. The number of rotatable bonds is 20. The second-order valence-electron chi connectivity index (χ2n) is 17.0. The van der Waals surface area contributed by atoms with Gasteiger partial charge in [0, 0.05) is 35.5 Å². The van der Waals surface area contributed by atoms with Crippen molar-refractivity contribution in [2.45, 2.75) is 148 Å². The molecular formula is C40H72O6. The molecule has 0 heterocycles. The highest BCUT2D eigenvalue weighted by molar-refractivity contribution is 5.93. The molecule has 10 unspecified atom stereocenters. The molecule has 0 fully saturated rings. The first-order chi connectivity index (χ1) is 20.8. The van der Waals surface area contributed by atoms with Crippen molar-refractivity contribution in [3.05, 3.63) is 23.8 Å². The molecule has 0 aliphatic heterocycles. The number of aliphatic hydroxyl groups is 3. The molecule has 0 amide bonds. The minimum atomic E-state index is -0.932. The zero-order valence-electron chi connectivity index (χ0n) is 32.3. The maximum atomic E-state index is 13.3. The fraction of sp³-hybridized carbons (Fsp3) is 0.825. The number of carbonyl (C=O) groups is 3. The van der Waals surface area contributed by atoms with E-state index >= 15 is 0 Å². The van der Waals surface area contributed by atoms with Crippen LogP contribution in [0.5, 0.6) is 0 Å². The van der Waals surface area contributed by atoms with E-state index in [9.17, 15) is 29.7 Å². The van der Waals surface area contributed by atoms with Crippen LogP contribution in [-0.4, -0.2) is 51.0 Å². The SMILES string of the molecule is C/C(=C\C(C)C(O)C(CC(=O)/C=C/C(C)(C)C(=O)C(C)C(O)C(C)(C)C)C(C)C(C)C)C(O)C(C)CCC(C)C(C)C(=O)C(C)C. The molecule has 0 aromatic carbocycles. The normalized spacial score (nSPS) is 20.2. The standard InChI is InChI=1S/C40H72O6/c1-23(2)29(9)33(22-32(41)19-20-40(15,16)38(46)31(11)37(45)39(12,13)14)36(44)28(8)21-27(7)35(43)26(6)18-17-25(5)30(10)34(42)24(3)4/h19-21,23-26,28-31,33,35-37,43-45H,17-18,22H2,1-16H3/b20-19+,27-21+. The molecule has 0 saturated heterocycles. The number of allylic oxidation sites excluding steroid dienone is 2. The molecule has 10 atom stereocenters. The van der Waals surface area contributed by atoms with Crippen molar-refractivity contribution in [1.29, 1.82) is 0 Å². The van der Waals surface area contributed by atoms with Crippen molar-refractivity contribution in [3.63, 3.8) is 0 Å². The zero-order valence-corrected chi connectivity index (χ0v) is 32.3. The largest absolute Gasteiger partial charge is 0.392 e. The lowest BCUT2D eigenvalue weighted by Crippen LogP contribution is -2.41. The molecule has 6 nitrogen and oxygen atoms in total. The van der Waals surface area contributed by atoms with Gasteiger partial charge in [0.15, 0.2) is 5.78 Å². The van der Waals surface area contributed by atoms with Gasteiger partial charge in [0.1, 0.15) is 11.6 Å². The van der Waals surface area contributed by atoms with Gasteiger partial charge in [0.05, 0.1) is 18.3 Å². The Morgan fingerprint density at radius 2 is 1.24 bits per heavy atom. The molecule has 46 heavy (non-hydrogen) atoms. The topological polar surface area (TPSA) is 112 Å². The predicted molar refractivity (Wildman–Crippen MR) is 191 cm³/mol. The fourth-order valence-electron chi connectivity index (χ4n) is 6.47. The Labute approximate surface area is 282 Å². The molecule has 0 bridgehead atoms. The minimum Gasteiger partial charge on any atom is -0.392 e. The van der Waals surface area contributed by atoms with Crippen LogP contribution in [0.15, 0.2) is 23.8 Å². The van der Waals surface area contributed by atoms with E-state index in [2.05, 4.69) is 27.7 Å². The number of Topliss-reactive ketones (excluding diaryl/α,β-unsaturated/α-hetero) is 2. The van der Waals surface area contributed by atoms with E-state index in [-0.39, 0.29) is 71.1 Å². The third kappa shape index (κ3) is 13.5. The Hall–Kier alpha value is -1.63. The summed E-state index contributed by atoms with van der Waals surface area (Å²) in [7, 11) is 0. The molecule has 268 valence electrons. The minimum absolute atomic E-state index is 0.000196. The van der Waals surface area contributed by atoms with Crippen LogP contribution in [0, 0.1) is 64.1 Å². The van der Waals surface area contributed by atoms with Crippen molar-refractivity contribution in [3.8, 4) is 0 Å². The highest BCUT2D eigenvalue weighted by atomic mass is 16.3. The Kier molecular flexibility index (Phi) is 18.1. The maximum Gasteiger partial charge on any atom is 0.155 e. The van der Waals surface area contributed by atoms with Gasteiger partial charge in [-0.2, -0.15) is 0 Å². The molecule has 6 heteroatoms. The van der Waals surface area contributed by atoms with E-state index in [1.807, 2.05) is 68.4 Å². The number of hydrogen-bond acceptors (Lipinski definition) is 6. The monoisotopic (exact) mass is 649 g/mol. The lowest BCUT2D eigenvalue weighted by Gasteiger charge is -2.34. The van der Waals surface area contributed by atoms with Crippen LogP contribution in [0.3, 0.4) is 0 Å². The predicted octanol–water partition coefficient (Wildman–Crippen LogP) is 8.27. The van der Waals surface area contributed by atoms with Crippen LogP contribution in [0.2, 0.25) is 0 Å². The smallest absolute Gasteiger partial charge is 0.155 e. The summed E-state index contributed by atoms with van der Waals surface area (Å²) in [6.07, 6.45) is 4.56. The molecule has 0 saturated carbocycles. The number of aliphatic hydroxyl groups excluding tert-OH is 3. The third-order valence-electron chi connectivity index (χ3n) is 10.7.